The molecule has 1 aliphatic rings. The zero-order chi connectivity index (χ0) is 13.7. The highest BCUT2D eigenvalue weighted by atomic mass is 16.5. The predicted molar refractivity (Wildman–Crippen MR) is 80.8 cm³/mol. The fourth-order valence-electron chi connectivity index (χ4n) is 3.09. The van der Waals surface area contributed by atoms with Crippen LogP contribution < -0.4 is 10.5 Å². The van der Waals surface area contributed by atoms with Gasteiger partial charge in [-0.05, 0) is 56.2 Å². The van der Waals surface area contributed by atoms with Gasteiger partial charge in [0.1, 0.15) is 5.75 Å². The molecule has 2 N–H and O–H groups in total. The molecule has 0 aromatic heterocycles. The van der Waals surface area contributed by atoms with Crippen molar-refractivity contribution in [3.8, 4) is 5.75 Å². The third-order valence-electron chi connectivity index (χ3n) is 4.00. The lowest BCUT2D eigenvalue weighted by atomic mass is 9.83. The van der Waals surface area contributed by atoms with Crippen molar-refractivity contribution in [1.29, 1.82) is 0 Å². The van der Waals surface area contributed by atoms with Crippen molar-refractivity contribution in [2.45, 2.75) is 64.3 Å². The van der Waals surface area contributed by atoms with E-state index in [1.807, 2.05) is 6.92 Å². The van der Waals surface area contributed by atoms with E-state index >= 15 is 0 Å². The van der Waals surface area contributed by atoms with Crippen LogP contribution in [0.5, 0.6) is 5.75 Å². The Hall–Kier alpha value is -1.02. The van der Waals surface area contributed by atoms with Crippen molar-refractivity contribution >= 4 is 0 Å². The average molecular weight is 261 g/mol. The van der Waals surface area contributed by atoms with Crippen LogP contribution in [0.3, 0.4) is 0 Å². The van der Waals surface area contributed by atoms with Gasteiger partial charge in [0.25, 0.3) is 0 Å². The van der Waals surface area contributed by atoms with E-state index in [1.165, 1.54) is 43.2 Å². The van der Waals surface area contributed by atoms with Crippen molar-refractivity contribution in [3.63, 3.8) is 0 Å². The van der Waals surface area contributed by atoms with Crippen LogP contribution in [0.4, 0.5) is 0 Å². The molecule has 19 heavy (non-hydrogen) atoms. The fraction of sp³-hybridized carbons (Fsp3) is 0.647. The molecule has 0 saturated heterocycles. The summed E-state index contributed by atoms with van der Waals surface area (Å²) in [6, 6.07) is 6.92. The fourth-order valence-corrected chi connectivity index (χ4v) is 3.09. The molecule has 0 amide bonds. The summed E-state index contributed by atoms with van der Waals surface area (Å²) in [5, 5.41) is 0. The van der Waals surface area contributed by atoms with Crippen LogP contribution in [0.25, 0.3) is 0 Å². The normalized spacial score (nSPS) is 18.3. The highest BCUT2D eigenvalue weighted by Crippen LogP contribution is 2.34. The first-order chi connectivity index (χ1) is 9.20. The van der Waals surface area contributed by atoms with Crippen LogP contribution >= 0.6 is 0 Å². The van der Waals surface area contributed by atoms with Crippen LogP contribution in [0.1, 0.15) is 63.0 Å². The molecule has 0 spiro atoms. The highest BCUT2D eigenvalue weighted by Gasteiger charge is 2.17. The van der Waals surface area contributed by atoms with Gasteiger partial charge in [0, 0.05) is 6.04 Å². The average Bonchev–Trinajstić information content (AvgIpc) is 2.41. The van der Waals surface area contributed by atoms with Gasteiger partial charge in [-0.15, -0.1) is 0 Å². The Kier molecular flexibility index (Phi) is 5.26. The lowest BCUT2D eigenvalue weighted by molar-refractivity contribution is 0.335. The molecule has 1 unspecified atom stereocenters. The summed E-state index contributed by atoms with van der Waals surface area (Å²) < 4.78 is 5.72. The molecule has 0 bridgehead atoms. The number of hydrogen-bond acceptors (Lipinski definition) is 2. The third-order valence-corrected chi connectivity index (χ3v) is 4.00. The van der Waals surface area contributed by atoms with Crippen molar-refractivity contribution in [2.24, 2.45) is 5.73 Å². The second-order valence-electron chi connectivity index (χ2n) is 5.82. The number of ether oxygens (including phenoxy) is 1. The van der Waals surface area contributed by atoms with Crippen molar-refractivity contribution < 1.29 is 4.74 Å². The molecule has 1 fully saturated rings. The number of hydrogen-bond donors (Lipinski definition) is 1. The summed E-state index contributed by atoms with van der Waals surface area (Å²) in [6.07, 6.45) is 7.73. The predicted octanol–water partition coefficient (Wildman–Crippen LogP) is 4.02. The molecule has 0 radical (unpaired) electrons. The van der Waals surface area contributed by atoms with Gasteiger partial charge in [-0.2, -0.15) is 0 Å². The Balaban J connectivity index is 2.20. The first-order valence-corrected chi connectivity index (χ1v) is 7.72. The first-order valence-electron chi connectivity index (χ1n) is 7.72. The summed E-state index contributed by atoms with van der Waals surface area (Å²) in [4.78, 5) is 0. The molecule has 2 heteroatoms. The minimum Gasteiger partial charge on any atom is -0.494 e. The Morgan fingerprint density at radius 2 is 2.00 bits per heavy atom. The maximum atomic E-state index is 5.96. The number of benzene rings is 1. The second-order valence-corrected chi connectivity index (χ2v) is 5.82. The van der Waals surface area contributed by atoms with Gasteiger partial charge in [0.2, 0.25) is 0 Å². The maximum Gasteiger partial charge on any atom is 0.122 e. The van der Waals surface area contributed by atoms with Gasteiger partial charge in [-0.3, -0.25) is 0 Å². The van der Waals surface area contributed by atoms with Crippen molar-refractivity contribution in [1.82, 2.24) is 0 Å². The highest BCUT2D eigenvalue weighted by molar-refractivity contribution is 5.39. The molecule has 106 valence electrons. The smallest absolute Gasteiger partial charge is 0.122 e. The van der Waals surface area contributed by atoms with Crippen molar-refractivity contribution in [2.75, 3.05) is 6.61 Å². The molecule has 1 aromatic rings. The standard InChI is InChI=1S/C17H27NO/c1-3-19-17-10-9-15(12-16(17)11-13(2)18)14-7-5-4-6-8-14/h9-10,12-14H,3-8,11,18H2,1-2H3. The Morgan fingerprint density at radius 1 is 1.26 bits per heavy atom. The van der Waals surface area contributed by atoms with Crippen molar-refractivity contribution in [3.05, 3.63) is 29.3 Å². The monoisotopic (exact) mass is 261 g/mol. The zero-order valence-electron chi connectivity index (χ0n) is 12.3. The van der Waals surface area contributed by atoms with E-state index < -0.39 is 0 Å². The number of rotatable bonds is 5. The Labute approximate surface area is 117 Å². The molecule has 2 rings (SSSR count). The molecule has 2 nitrogen and oxygen atoms in total. The van der Waals surface area contributed by atoms with Crippen LogP contribution in [-0.4, -0.2) is 12.6 Å². The van der Waals surface area contributed by atoms with Gasteiger partial charge in [-0.25, -0.2) is 0 Å². The zero-order valence-corrected chi connectivity index (χ0v) is 12.3. The molecule has 1 atom stereocenters. The van der Waals surface area contributed by atoms with Gasteiger partial charge < -0.3 is 10.5 Å². The quantitative estimate of drug-likeness (QED) is 0.868. The summed E-state index contributed by atoms with van der Waals surface area (Å²) in [7, 11) is 0. The maximum absolute atomic E-state index is 5.96. The van der Waals surface area contributed by atoms with E-state index in [-0.39, 0.29) is 6.04 Å². The van der Waals surface area contributed by atoms with E-state index in [9.17, 15) is 0 Å². The number of nitrogens with two attached hydrogens (primary N) is 1. The minimum absolute atomic E-state index is 0.181. The van der Waals surface area contributed by atoms with Crippen LogP contribution in [-0.2, 0) is 6.42 Å². The molecule has 1 saturated carbocycles. The summed E-state index contributed by atoms with van der Waals surface area (Å²) in [6.45, 7) is 4.81. The second kappa shape index (κ2) is 6.95. The van der Waals surface area contributed by atoms with Gasteiger partial charge in [0.05, 0.1) is 6.61 Å². The van der Waals surface area contributed by atoms with E-state index in [4.69, 9.17) is 10.5 Å². The first kappa shape index (κ1) is 14.4. The lowest BCUT2D eigenvalue weighted by Gasteiger charge is -2.23. The van der Waals surface area contributed by atoms with Gasteiger partial charge in [0.15, 0.2) is 0 Å². The minimum atomic E-state index is 0.181. The van der Waals surface area contributed by atoms with Gasteiger partial charge >= 0.3 is 0 Å². The SMILES string of the molecule is CCOc1ccc(C2CCCCC2)cc1CC(C)N. The molecular formula is C17H27NO. The largest absolute Gasteiger partial charge is 0.494 e. The lowest BCUT2D eigenvalue weighted by Crippen LogP contribution is -2.18. The topological polar surface area (TPSA) is 35.2 Å². The van der Waals surface area contributed by atoms with Crippen LogP contribution in [0.15, 0.2) is 18.2 Å². The van der Waals surface area contributed by atoms with E-state index in [2.05, 4.69) is 25.1 Å². The molecule has 1 aromatic carbocycles. The van der Waals surface area contributed by atoms with E-state index in [1.54, 1.807) is 0 Å². The van der Waals surface area contributed by atoms with E-state index in [0.29, 0.717) is 6.61 Å². The van der Waals surface area contributed by atoms with Gasteiger partial charge in [-0.1, -0.05) is 31.4 Å². The van der Waals surface area contributed by atoms with Crippen LogP contribution in [0, 0.1) is 0 Å². The molecular weight excluding hydrogens is 234 g/mol. The molecule has 0 heterocycles. The Morgan fingerprint density at radius 3 is 2.63 bits per heavy atom. The summed E-state index contributed by atoms with van der Waals surface area (Å²) in [5.41, 5.74) is 8.73. The molecule has 0 aliphatic heterocycles. The Bertz CT molecular complexity index is 394. The van der Waals surface area contributed by atoms with E-state index in [0.717, 1.165) is 18.1 Å². The van der Waals surface area contributed by atoms with Crippen LogP contribution in [0.2, 0.25) is 0 Å². The summed E-state index contributed by atoms with van der Waals surface area (Å²) >= 11 is 0. The molecule has 1 aliphatic carbocycles. The third kappa shape index (κ3) is 3.97. The summed E-state index contributed by atoms with van der Waals surface area (Å²) in [5.74, 6) is 1.76.